The molecule has 0 bridgehead atoms. The highest BCUT2D eigenvalue weighted by Crippen LogP contribution is 2.11. The van der Waals surface area contributed by atoms with Crippen molar-refractivity contribution in [2.75, 3.05) is 0 Å². The van der Waals surface area contributed by atoms with E-state index < -0.39 is 5.97 Å². The highest BCUT2D eigenvalue weighted by Gasteiger charge is 2.18. The predicted molar refractivity (Wildman–Crippen MR) is 61.3 cm³/mol. The van der Waals surface area contributed by atoms with E-state index >= 15 is 0 Å². The lowest BCUT2D eigenvalue weighted by Gasteiger charge is -2.03. The van der Waals surface area contributed by atoms with Crippen LogP contribution in [0.15, 0.2) is 10.6 Å². The molecule has 0 spiro atoms. The van der Waals surface area contributed by atoms with Crippen molar-refractivity contribution in [3.05, 3.63) is 28.9 Å². The van der Waals surface area contributed by atoms with Crippen LogP contribution in [0.25, 0.3) is 0 Å². The highest BCUT2D eigenvalue weighted by molar-refractivity contribution is 5.86. The van der Waals surface area contributed by atoms with Gasteiger partial charge in [0.15, 0.2) is 5.69 Å². The van der Waals surface area contributed by atoms with E-state index in [1.54, 1.807) is 17.7 Å². The van der Waals surface area contributed by atoms with Gasteiger partial charge in [-0.15, -0.1) is 5.10 Å². The van der Waals surface area contributed by atoms with E-state index in [4.69, 9.17) is 9.63 Å². The Balaban J connectivity index is 2.29. The lowest BCUT2D eigenvalue weighted by Crippen LogP contribution is -2.09. The third-order valence-corrected chi connectivity index (χ3v) is 2.52. The quantitative estimate of drug-likeness (QED) is 0.858. The zero-order valence-electron chi connectivity index (χ0n) is 10.3. The second-order valence-corrected chi connectivity index (χ2v) is 4.03. The molecule has 1 N–H and O–H groups in total. The average Bonchev–Trinajstić information content (AvgIpc) is 2.88. The third kappa shape index (κ3) is 2.39. The Labute approximate surface area is 103 Å². The minimum atomic E-state index is -1.05. The van der Waals surface area contributed by atoms with Crippen LogP contribution in [0.5, 0.6) is 0 Å². The normalized spacial score (nSPS) is 10.8. The van der Waals surface area contributed by atoms with E-state index in [0.29, 0.717) is 30.1 Å². The average molecular weight is 250 g/mol. The summed E-state index contributed by atoms with van der Waals surface area (Å²) in [5, 5.41) is 20.4. The predicted octanol–water partition coefficient (Wildman–Crippen LogP) is 1.27. The molecule has 0 amide bonds. The molecule has 2 heterocycles. The van der Waals surface area contributed by atoms with Crippen LogP contribution in [0.3, 0.4) is 0 Å². The van der Waals surface area contributed by atoms with Crippen molar-refractivity contribution in [2.45, 2.75) is 33.2 Å². The Morgan fingerprint density at radius 3 is 2.89 bits per heavy atom. The molecular formula is C11H14N4O3. The summed E-state index contributed by atoms with van der Waals surface area (Å²) in [6, 6.07) is 1.79. The Morgan fingerprint density at radius 2 is 2.33 bits per heavy atom. The van der Waals surface area contributed by atoms with Crippen LogP contribution >= 0.6 is 0 Å². The van der Waals surface area contributed by atoms with Gasteiger partial charge in [-0.3, -0.25) is 0 Å². The number of hydrogen-bond donors (Lipinski definition) is 1. The second-order valence-electron chi connectivity index (χ2n) is 4.03. The Hall–Kier alpha value is -2.18. The molecule has 0 radical (unpaired) electrons. The standard InChI is InChI=1S/C11H14N4O3/c1-3-4-9-10(11(16)17)12-14-15(9)6-8-5-7(2)18-13-8/h5H,3-4,6H2,1-2H3,(H,16,17). The Kier molecular flexibility index (Phi) is 3.40. The molecule has 0 aliphatic carbocycles. The van der Waals surface area contributed by atoms with Gasteiger partial charge in [0.25, 0.3) is 0 Å². The topological polar surface area (TPSA) is 94.0 Å². The number of aromatic nitrogens is 4. The summed E-state index contributed by atoms with van der Waals surface area (Å²) in [5.41, 5.74) is 1.33. The number of hydrogen-bond acceptors (Lipinski definition) is 5. The molecule has 0 aliphatic rings. The summed E-state index contributed by atoms with van der Waals surface area (Å²) in [4.78, 5) is 11.0. The van der Waals surface area contributed by atoms with Gasteiger partial charge in [-0.1, -0.05) is 23.7 Å². The number of carboxylic acid groups (broad SMARTS) is 1. The van der Waals surface area contributed by atoms with Crippen molar-refractivity contribution in [2.24, 2.45) is 0 Å². The summed E-state index contributed by atoms with van der Waals surface area (Å²) in [7, 11) is 0. The van der Waals surface area contributed by atoms with Gasteiger partial charge >= 0.3 is 5.97 Å². The molecule has 7 heteroatoms. The first kappa shape index (κ1) is 12.3. The zero-order chi connectivity index (χ0) is 13.1. The molecule has 2 aromatic rings. The summed E-state index contributed by atoms with van der Waals surface area (Å²) >= 11 is 0. The van der Waals surface area contributed by atoms with Crippen LogP contribution in [0.4, 0.5) is 0 Å². The molecule has 96 valence electrons. The zero-order valence-corrected chi connectivity index (χ0v) is 10.3. The minimum absolute atomic E-state index is 0.0112. The maximum absolute atomic E-state index is 11.0. The highest BCUT2D eigenvalue weighted by atomic mass is 16.5. The minimum Gasteiger partial charge on any atom is -0.476 e. The SMILES string of the molecule is CCCc1c(C(=O)O)nnn1Cc1cc(C)on1. The number of rotatable bonds is 5. The molecule has 0 saturated heterocycles. The summed E-state index contributed by atoms with van der Waals surface area (Å²) in [6.45, 7) is 4.14. The lowest BCUT2D eigenvalue weighted by molar-refractivity contribution is 0.0689. The van der Waals surface area contributed by atoms with E-state index in [9.17, 15) is 4.79 Å². The van der Waals surface area contributed by atoms with Crippen molar-refractivity contribution >= 4 is 5.97 Å². The van der Waals surface area contributed by atoms with Gasteiger partial charge in [0.1, 0.15) is 11.5 Å². The molecule has 2 rings (SSSR count). The van der Waals surface area contributed by atoms with Crippen molar-refractivity contribution < 1.29 is 14.4 Å². The molecule has 7 nitrogen and oxygen atoms in total. The summed E-state index contributed by atoms with van der Waals surface area (Å²) < 4.78 is 6.52. The molecule has 0 aliphatic heterocycles. The molecule has 0 fully saturated rings. The first-order valence-electron chi connectivity index (χ1n) is 5.69. The molecule has 0 saturated carbocycles. The van der Waals surface area contributed by atoms with Gasteiger partial charge in [0, 0.05) is 6.07 Å². The van der Waals surface area contributed by atoms with Gasteiger partial charge in [-0.25, -0.2) is 9.48 Å². The van der Waals surface area contributed by atoms with Gasteiger partial charge < -0.3 is 9.63 Å². The van der Waals surface area contributed by atoms with Crippen LogP contribution in [0.2, 0.25) is 0 Å². The van der Waals surface area contributed by atoms with E-state index in [0.717, 1.165) is 6.42 Å². The van der Waals surface area contributed by atoms with Gasteiger partial charge in [0.2, 0.25) is 0 Å². The van der Waals surface area contributed by atoms with Crippen molar-refractivity contribution in [3.8, 4) is 0 Å². The van der Waals surface area contributed by atoms with Crippen LogP contribution < -0.4 is 0 Å². The number of carboxylic acids is 1. The summed E-state index contributed by atoms with van der Waals surface area (Å²) in [6.07, 6.45) is 1.44. The Morgan fingerprint density at radius 1 is 1.56 bits per heavy atom. The van der Waals surface area contributed by atoms with Crippen molar-refractivity contribution in [3.63, 3.8) is 0 Å². The molecular weight excluding hydrogens is 236 g/mol. The maximum Gasteiger partial charge on any atom is 0.358 e. The maximum atomic E-state index is 11.0. The molecule has 2 aromatic heterocycles. The van der Waals surface area contributed by atoms with Crippen molar-refractivity contribution in [1.82, 2.24) is 20.2 Å². The largest absolute Gasteiger partial charge is 0.476 e. The fraction of sp³-hybridized carbons (Fsp3) is 0.455. The van der Waals surface area contributed by atoms with E-state index in [1.165, 1.54) is 0 Å². The molecule has 0 aromatic carbocycles. The number of carbonyl (C=O) groups is 1. The molecule has 0 unspecified atom stereocenters. The van der Waals surface area contributed by atoms with Gasteiger partial charge in [0.05, 0.1) is 12.2 Å². The first-order valence-corrected chi connectivity index (χ1v) is 5.69. The van der Waals surface area contributed by atoms with E-state index in [1.807, 2.05) is 6.92 Å². The Bertz CT molecular complexity index is 558. The first-order chi connectivity index (χ1) is 8.61. The van der Waals surface area contributed by atoms with E-state index in [-0.39, 0.29) is 5.69 Å². The van der Waals surface area contributed by atoms with E-state index in [2.05, 4.69) is 15.5 Å². The fourth-order valence-corrected chi connectivity index (χ4v) is 1.76. The molecule has 18 heavy (non-hydrogen) atoms. The third-order valence-electron chi connectivity index (χ3n) is 2.52. The van der Waals surface area contributed by atoms with Crippen LogP contribution in [0, 0.1) is 6.92 Å². The van der Waals surface area contributed by atoms with Crippen LogP contribution in [0.1, 0.15) is 41.0 Å². The number of nitrogens with zero attached hydrogens (tertiary/aromatic N) is 4. The van der Waals surface area contributed by atoms with Crippen LogP contribution in [-0.4, -0.2) is 31.2 Å². The van der Waals surface area contributed by atoms with Crippen molar-refractivity contribution in [1.29, 1.82) is 0 Å². The summed E-state index contributed by atoms with van der Waals surface area (Å²) in [5.74, 6) is -0.346. The lowest BCUT2D eigenvalue weighted by atomic mass is 10.2. The second kappa shape index (κ2) is 4.99. The smallest absolute Gasteiger partial charge is 0.358 e. The van der Waals surface area contributed by atoms with Gasteiger partial charge in [-0.2, -0.15) is 0 Å². The van der Waals surface area contributed by atoms with Crippen LogP contribution in [-0.2, 0) is 13.0 Å². The fourth-order valence-electron chi connectivity index (χ4n) is 1.76. The number of aromatic carboxylic acids is 1. The molecule has 0 atom stereocenters. The monoisotopic (exact) mass is 250 g/mol. The number of aryl methyl sites for hydroxylation is 1. The van der Waals surface area contributed by atoms with Gasteiger partial charge in [-0.05, 0) is 13.3 Å².